The number of hydrogen-bond donors (Lipinski definition) is 3. The van der Waals surface area contributed by atoms with Gasteiger partial charge in [0.1, 0.15) is 19.3 Å². The summed E-state index contributed by atoms with van der Waals surface area (Å²) in [5.74, 6) is -1.36. The molecule has 0 aromatic rings. The first-order valence-electron chi connectivity index (χ1n) is 40.0. The van der Waals surface area contributed by atoms with Gasteiger partial charge in [-0.15, -0.1) is 0 Å². The molecule has 0 rings (SSSR count). The van der Waals surface area contributed by atoms with Crippen molar-refractivity contribution in [1.82, 2.24) is 0 Å². The fraction of sp³-hybridized carbons (Fsp3) is 0.897. The second-order valence-corrected chi connectivity index (χ2v) is 30.8. The zero-order valence-electron chi connectivity index (χ0n) is 62.7. The summed E-state index contributed by atoms with van der Waals surface area (Å²) in [6.45, 7) is 7.25. The average Bonchev–Trinajstić information content (AvgIpc) is 1.95. The van der Waals surface area contributed by atoms with Crippen LogP contribution in [0, 0.1) is 5.92 Å². The minimum atomic E-state index is -4.97. The van der Waals surface area contributed by atoms with Crippen molar-refractivity contribution >= 4 is 39.5 Å². The van der Waals surface area contributed by atoms with Crippen molar-refractivity contribution < 1.29 is 80.2 Å². The maximum Gasteiger partial charge on any atom is 0.472 e. The SMILES string of the molecule is CCCCCC/C=C\C=C/CCCCCCCC(=O)OC[C@H](COP(=O)(O)OC[C@@H](O)COP(=O)(O)OC[C@@H](COC(=O)CCCCCCCCCCCCC)OC(=O)CCCCCCCCCCCCCCC(C)C)OC(=O)CCCCCCCCCCCCCCCCCC. The number of rotatable bonds is 76. The third-order valence-corrected chi connectivity index (χ3v) is 19.6. The first kappa shape index (κ1) is 94.5. The van der Waals surface area contributed by atoms with Crippen LogP contribution in [0.5, 0.6) is 0 Å². The number of esters is 4. The van der Waals surface area contributed by atoms with Gasteiger partial charge in [0.15, 0.2) is 12.2 Å². The maximum absolute atomic E-state index is 13.1. The molecule has 97 heavy (non-hydrogen) atoms. The van der Waals surface area contributed by atoms with Gasteiger partial charge in [-0.2, -0.15) is 0 Å². The highest BCUT2D eigenvalue weighted by Crippen LogP contribution is 2.45. The summed E-state index contributed by atoms with van der Waals surface area (Å²) in [6, 6.07) is 0. The third-order valence-electron chi connectivity index (χ3n) is 17.7. The van der Waals surface area contributed by atoms with Crippen LogP contribution < -0.4 is 0 Å². The van der Waals surface area contributed by atoms with Crippen LogP contribution in [0.3, 0.4) is 0 Å². The fourth-order valence-electron chi connectivity index (χ4n) is 11.5. The molecular formula is C78H148O17P2. The van der Waals surface area contributed by atoms with Crippen molar-refractivity contribution in [3.8, 4) is 0 Å². The van der Waals surface area contributed by atoms with Crippen molar-refractivity contribution in [2.45, 2.75) is 406 Å². The quantitative estimate of drug-likeness (QED) is 0.0169. The van der Waals surface area contributed by atoms with Gasteiger partial charge < -0.3 is 33.8 Å². The smallest absolute Gasteiger partial charge is 0.462 e. The molecule has 2 unspecified atom stereocenters. The highest BCUT2D eigenvalue weighted by molar-refractivity contribution is 7.47. The first-order valence-corrected chi connectivity index (χ1v) is 42.9. The van der Waals surface area contributed by atoms with Gasteiger partial charge in [-0.3, -0.25) is 37.3 Å². The molecule has 0 saturated carbocycles. The number of ether oxygens (including phenoxy) is 4. The monoisotopic (exact) mass is 1420 g/mol. The Labute approximate surface area is 592 Å². The highest BCUT2D eigenvalue weighted by atomic mass is 31.2. The summed E-state index contributed by atoms with van der Waals surface area (Å²) in [5, 5.41) is 10.6. The number of phosphoric ester groups is 2. The summed E-state index contributed by atoms with van der Waals surface area (Å²) in [4.78, 5) is 72.9. The molecule has 3 N–H and O–H groups in total. The van der Waals surface area contributed by atoms with Gasteiger partial charge in [-0.1, -0.05) is 335 Å². The second-order valence-electron chi connectivity index (χ2n) is 27.9. The molecule has 0 aromatic carbocycles. The Kier molecular flexibility index (Phi) is 68.8. The Morgan fingerprint density at radius 2 is 0.557 bits per heavy atom. The molecule has 0 heterocycles. The number of carbonyl (C=O) groups is 4. The largest absolute Gasteiger partial charge is 0.472 e. The molecular weight excluding hydrogens is 1270 g/mol. The molecule has 0 aromatic heterocycles. The van der Waals surface area contributed by atoms with E-state index in [0.29, 0.717) is 25.7 Å². The van der Waals surface area contributed by atoms with E-state index in [1.54, 1.807) is 0 Å². The third kappa shape index (κ3) is 71.7. The van der Waals surface area contributed by atoms with Crippen LogP contribution in [0.2, 0.25) is 0 Å². The lowest BCUT2D eigenvalue weighted by Crippen LogP contribution is -2.30. The van der Waals surface area contributed by atoms with Crippen molar-refractivity contribution in [1.29, 1.82) is 0 Å². The Bertz CT molecular complexity index is 1950. The van der Waals surface area contributed by atoms with Crippen molar-refractivity contribution in [3.05, 3.63) is 24.3 Å². The van der Waals surface area contributed by atoms with Crippen LogP contribution in [-0.4, -0.2) is 96.7 Å². The standard InChI is InChI=1S/C78H148O17P2/c1-6-9-12-15-18-21-24-26-28-30-32-38-43-48-53-58-63-77(82)94-74(68-89-76(81)62-57-52-47-42-37-31-29-27-25-22-19-16-13-10-7-2)70-93-97(86,87)91-66-72(79)65-90-96(84,85)92-69-73(67-88-75(80)61-56-51-46-41-35-23-20-17-14-11-8-3)95-78(83)64-59-54-49-44-39-34-33-36-40-45-50-55-60-71(4)5/h22,25,27,29,71-74,79H,6-21,23-24,26,28,30-70H2,1-5H3,(H,84,85)(H,86,87)/b25-22-,29-27-/t72-,73+,74+/m0/s1. The Hall–Kier alpha value is -2.46. The molecule has 0 amide bonds. The number of aliphatic hydroxyl groups excluding tert-OH is 1. The number of carbonyl (C=O) groups excluding carboxylic acids is 4. The normalized spacial score (nSPS) is 14.1. The van der Waals surface area contributed by atoms with Crippen molar-refractivity contribution in [2.24, 2.45) is 5.92 Å². The lowest BCUT2D eigenvalue weighted by Gasteiger charge is -2.21. The van der Waals surface area contributed by atoms with Gasteiger partial charge in [0, 0.05) is 25.7 Å². The van der Waals surface area contributed by atoms with Crippen LogP contribution in [0.1, 0.15) is 388 Å². The van der Waals surface area contributed by atoms with Gasteiger partial charge in [0.05, 0.1) is 26.4 Å². The molecule has 0 aliphatic heterocycles. The molecule has 0 spiro atoms. The molecule has 0 radical (unpaired) electrons. The second kappa shape index (κ2) is 70.6. The summed E-state index contributed by atoms with van der Waals surface area (Å²) in [6.07, 6.45) is 63.1. The zero-order valence-corrected chi connectivity index (χ0v) is 64.5. The van der Waals surface area contributed by atoms with Crippen LogP contribution in [-0.2, 0) is 65.4 Å². The van der Waals surface area contributed by atoms with E-state index in [9.17, 15) is 43.2 Å². The lowest BCUT2D eigenvalue weighted by atomic mass is 10.0. The molecule has 0 saturated heterocycles. The van der Waals surface area contributed by atoms with E-state index >= 15 is 0 Å². The van der Waals surface area contributed by atoms with Gasteiger partial charge >= 0.3 is 39.5 Å². The fourth-order valence-corrected chi connectivity index (χ4v) is 13.1. The van der Waals surface area contributed by atoms with E-state index in [1.165, 1.54) is 193 Å². The number of unbranched alkanes of at least 4 members (excludes halogenated alkanes) is 45. The van der Waals surface area contributed by atoms with Gasteiger partial charge in [-0.05, 0) is 57.3 Å². The van der Waals surface area contributed by atoms with Gasteiger partial charge in [0.25, 0.3) is 0 Å². The average molecular weight is 1420 g/mol. The minimum Gasteiger partial charge on any atom is -0.462 e. The molecule has 5 atom stereocenters. The lowest BCUT2D eigenvalue weighted by molar-refractivity contribution is -0.161. The van der Waals surface area contributed by atoms with Crippen LogP contribution >= 0.6 is 15.6 Å². The highest BCUT2D eigenvalue weighted by Gasteiger charge is 2.30. The molecule has 0 aliphatic carbocycles. The van der Waals surface area contributed by atoms with Gasteiger partial charge in [0.2, 0.25) is 0 Å². The molecule has 0 aliphatic rings. The predicted octanol–water partition coefficient (Wildman–Crippen LogP) is 22.8. The summed E-state index contributed by atoms with van der Waals surface area (Å²) < 4.78 is 68.6. The molecule has 572 valence electrons. The van der Waals surface area contributed by atoms with E-state index in [4.69, 9.17) is 37.0 Å². The van der Waals surface area contributed by atoms with E-state index in [0.717, 1.165) is 115 Å². The van der Waals surface area contributed by atoms with E-state index in [2.05, 4.69) is 58.9 Å². The molecule has 19 heteroatoms. The number of hydrogen-bond acceptors (Lipinski definition) is 15. The van der Waals surface area contributed by atoms with E-state index in [1.807, 2.05) is 0 Å². The van der Waals surface area contributed by atoms with E-state index in [-0.39, 0.29) is 25.7 Å². The van der Waals surface area contributed by atoms with E-state index < -0.39 is 97.5 Å². The number of phosphoric acid groups is 2. The van der Waals surface area contributed by atoms with Crippen molar-refractivity contribution in [2.75, 3.05) is 39.6 Å². The van der Waals surface area contributed by atoms with Crippen molar-refractivity contribution in [3.63, 3.8) is 0 Å². The molecule has 17 nitrogen and oxygen atoms in total. The number of aliphatic hydroxyl groups is 1. The topological polar surface area (TPSA) is 237 Å². The van der Waals surface area contributed by atoms with Crippen LogP contribution in [0.25, 0.3) is 0 Å². The molecule has 0 bridgehead atoms. The maximum atomic E-state index is 13.1. The first-order chi connectivity index (χ1) is 47.0. The van der Waals surface area contributed by atoms with Gasteiger partial charge in [-0.25, -0.2) is 9.13 Å². The zero-order chi connectivity index (χ0) is 71.2. The minimum absolute atomic E-state index is 0.102. The predicted molar refractivity (Wildman–Crippen MR) is 395 cm³/mol. The summed E-state index contributed by atoms with van der Waals surface area (Å²) in [7, 11) is -9.93. The molecule has 0 fully saturated rings. The summed E-state index contributed by atoms with van der Waals surface area (Å²) >= 11 is 0. The summed E-state index contributed by atoms with van der Waals surface area (Å²) in [5.41, 5.74) is 0. The number of allylic oxidation sites excluding steroid dienone is 4. The van der Waals surface area contributed by atoms with Crippen LogP contribution in [0.15, 0.2) is 24.3 Å². The van der Waals surface area contributed by atoms with Crippen LogP contribution in [0.4, 0.5) is 0 Å². The Morgan fingerprint density at radius 1 is 0.320 bits per heavy atom. The Balaban J connectivity index is 5.29. The Morgan fingerprint density at radius 3 is 0.845 bits per heavy atom.